The lowest BCUT2D eigenvalue weighted by atomic mass is 9.89. The third-order valence-corrected chi connectivity index (χ3v) is 6.01. The molecule has 0 N–H and O–H groups in total. The van der Waals surface area contributed by atoms with Crippen molar-refractivity contribution < 1.29 is 13.2 Å². The summed E-state index contributed by atoms with van der Waals surface area (Å²) < 4.78 is 31.3. The number of ether oxygens (including phenoxy) is 1. The number of hydrogen-bond donors (Lipinski definition) is 0. The van der Waals surface area contributed by atoms with E-state index in [1.165, 1.54) is 6.26 Å². The number of sulfone groups is 1. The van der Waals surface area contributed by atoms with Crippen LogP contribution in [0.25, 0.3) is 16.9 Å². The highest BCUT2D eigenvalue weighted by Gasteiger charge is 2.26. The van der Waals surface area contributed by atoms with Crippen molar-refractivity contribution in [3.8, 4) is 28.8 Å². The first kappa shape index (κ1) is 22.6. The minimum atomic E-state index is -3.14. The second-order valence-electron chi connectivity index (χ2n) is 9.13. The van der Waals surface area contributed by atoms with Crippen LogP contribution in [0.2, 0.25) is 0 Å². The van der Waals surface area contributed by atoms with Gasteiger partial charge in [0.2, 0.25) is 0 Å². The van der Waals surface area contributed by atoms with Gasteiger partial charge in [0.15, 0.2) is 15.5 Å². The molecule has 0 unspecified atom stereocenters. The van der Waals surface area contributed by atoms with E-state index < -0.39 is 9.84 Å². The third kappa shape index (κ3) is 4.91. The first-order valence-electron chi connectivity index (χ1n) is 10.5. The quantitative estimate of drug-likeness (QED) is 0.393. The molecule has 0 saturated heterocycles. The summed E-state index contributed by atoms with van der Waals surface area (Å²) in [5.41, 5.74) is 4.28. The van der Waals surface area contributed by atoms with Crippen molar-refractivity contribution in [3.63, 3.8) is 0 Å². The number of imidazole rings is 1. The predicted molar refractivity (Wildman–Crippen MR) is 129 cm³/mol. The Morgan fingerprint density at radius 1 is 1.03 bits per heavy atom. The number of benzene rings is 2. The van der Waals surface area contributed by atoms with Crippen LogP contribution in [0.15, 0.2) is 66.9 Å². The van der Waals surface area contributed by atoms with E-state index in [-0.39, 0.29) is 11.2 Å². The summed E-state index contributed by atoms with van der Waals surface area (Å²) in [5, 5.41) is 9.55. The van der Waals surface area contributed by atoms with Gasteiger partial charge in [0.25, 0.3) is 0 Å². The molecule has 168 valence electrons. The Balaban J connectivity index is 1.78. The molecule has 0 spiro atoms. The first-order chi connectivity index (χ1) is 15.5. The maximum absolute atomic E-state index is 11.6. The number of rotatable bonds is 5. The summed E-state index contributed by atoms with van der Waals surface area (Å²) >= 11 is 0. The van der Waals surface area contributed by atoms with Crippen molar-refractivity contribution >= 4 is 15.5 Å². The van der Waals surface area contributed by atoms with E-state index in [2.05, 4.69) is 26.8 Å². The number of hydrogen-bond acceptors (Lipinski definition) is 5. The molecule has 4 rings (SSSR count). The summed E-state index contributed by atoms with van der Waals surface area (Å²) in [6.45, 7) is 6.29. The molecule has 7 heteroatoms. The molecule has 0 fully saturated rings. The van der Waals surface area contributed by atoms with Crippen molar-refractivity contribution in [2.45, 2.75) is 31.9 Å². The van der Waals surface area contributed by atoms with Crippen LogP contribution in [0.3, 0.4) is 0 Å². The van der Waals surface area contributed by atoms with Crippen LogP contribution in [0.5, 0.6) is 11.5 Å². The fraction of sp³-hybridized carbons (Fsp3) is 0.231. The number of nitrogens with zero attached hydrogens (tertiary/aromatic N) is 3. The number of nitriles is 1. The van der Waals surface area contributed by atoms with Gasteiger partial charge in [0.05, 0.1) is 22.7 Å². The average molecular weight is 460 g/mol. The van der Waals surface area contributed by atoms with Gasteiger partial charge >= 0.3 is 0 Å². The molecule has 2 heterocycles. The lowest BCUT2D eigenvalue weighted by molar-refractivity contribution is 0.482. The standard InChI is InChI=1S/C26H25N3O3S/c1-26(2,3)24-23(29-13-7-10-20(16-27)25(29)28-24)19-9-6-12-22(15-19)32-21-11-5-8-18(14-21)17-33(4,30)31/h5-15H,17H2,1-4H3. The van der Waals surface area contributed by atoms with Crippen LogP contribution in [0.4, 0.5) is 0 Å². The Kier molecular flexibility index (Phi) is 5.73. The van der Waals surface area contributed by atoms with Gasteiger partial charge in [-0.3, -0.25) is 4.40 Å². The van der Waals surface area contributed by atoms with E-state index in [0.29, 0.717) is 28.3 Å². The highest BCUT2D eigenvalue weighted by atomic mass is 32.2. The average Bonchev–Trinajstić information content (AvgIpc) is 3.13. The van der Waals surface area contributed by atoms with E-state index in [4.69, 9.17) is 9.72 Å². The zero-order valence-corrected chi connectivity index (χ0v) is 19.8. The Morgan fingerprint density at radius 3 is 2.39 bits per heavy atom. The molecule has 0 amide bonds. The minimum Gasteiger partial charge on any atom is -0.457 e. The van der Waals surface area contributed by atoms with E-state index in [9.17, 15) is 13.7 Å². The van der Waals surface area contributed by atoms with E-state index in [1.807, 2.05) is 40.9 Å². The molecule has 6 nitrogen and oxygen atoms in total. The maximum Gasteiger partial charge on any atom is 0.155 e. The topological polar surface area (TPSA) is 84.5 Å². The molecule has 0 aliphatic carbocycles. The Hall–Kier alpha value is -3.63. The highest BCUT2D eigenvalue weighted by molar-refractivity contribution is 7.89. The van der Waals surface area contributed by atoms with Gasteiger partial charge in [-0.1, -0.05) is 45.0 Å². The monoisotopic (exact) mass is 459 g/mol. The van der Waals surface area contributed by atoms with Crippen LogP contribution in [0.1, 0.15) is 37.6 Å². The van der Waals surface area contributed by atoms with Gasteiger partial charge in [0, 0.05) is 23.4 Å². The normalized spacial score (nSPS) is 12.0. The fourth-order valence-electron chi connectivity index (χ4n) is 3.80. The molecule has 2 aromatic heterocycles. The SMILES string of the molecule is CC(C)(C)c1nc2c(C#N)cccn2c1-c1cccc(Oc2cccc(CS(C)(=O)=O)c2)c1. The number of fused-ring (bicyclic) bond motifs is 1. The van der Waals surface area contributed by atoms with E-state index in [1.54, 1.807) is 30.3 Å². The predicted octanol–water partition coefficient (Wildman–Crippen LogP) is 5.51. The van der Waals surface area contributed by atoms with Gasteiger partial charge in [-0.2, -0.15) is 5.26 Å². The highest BCUT2D eigenvalue weighted by Crippen LogP contribution is 2.36. The van der Waals surface area contributed by atoms with Gasteiger partial charge in [-0.25, -0.2) is 13.4 Å². The minimum absolute atomic E-state index is 0.0395. The van der Waals surface area contributed by atoms with Gasteiger partial charge in [-0.15, -0.1) is 0 Å². The lowest BCUT2D eigenvalue weighted by Gasteiger charge is -2.18. The molecule has 0 bridgehead atoms. The molecular formula is C26H25N3O3S. The molecule has 0 aliphatic rings. The molecule has 0 atom stereocenters. The van der Waals surface area contributed by atoms with Gasteiger partial charge in [-0.05, 0) is 42.0 Å². The van der Waals surface area contributed by atoms with E-state index >= 15 is 0 Å². The van der Waals surface area contributed by atoms with Crippen molar-refractivity contribution in [2.24, 2.45) is 0 Å². The molecule has 0 radical (unpaired) electrons. The fourth-order valence-corrected chi connectivity index (χ4v) is 4.58. The summed E-state index contributed by atoms with van der Waals surface area (Å²) in [4.78, 5) is 4.83. The summed E-state index contributed by atoms with van der Waals surface area (Å²) in [5.74, 6) is 1.15. The summed E-state index contributed by atoms with van der Waals surface area (Å²) in [6, 6.07) is 20.6. The zero-order valence-electron chi connectivity index (χ0n) is 19.0. The largest absolute Gasteiger partial charge is 0.457 e. The van der Waals surface area contributed by atoms with Crippen LogP contribution in [-0.2, 0) is 21.0 Å². The molecule has 0 saturated carbocycles. The Bertz CT molecular complexity index is 1490. The lowest BCUT2D eigenvalue weighted by Crippen LogP contribution is -2.13. The molecule has 4 aromatic rings. The zero-order chi connectivity index (χ0) is 23.8. The number of aromatic nitrogens is 2. The summed E-state index contributed by atoms with van der Waals surface area (Å²) in [6.07, 6.45) is 3.13. The van der Waals surface area contributed by atoms with Gasteiger partial charge < -0.3 is 4.74 Å². The van der Waals surface area contributed by atoms with Crippen LogP contribution >= 0.6 is 0 Å². The van der Waals surface area contributed by atoms with Crippen molar-refractivity contribution in [2.75, 3.05) is 6.26 Å². The molecule has 0 aliphatic heterocycles. The van der Waals surface area contributed by atoms with Crippen LogP contribution in [0, 0.1) is 11.3 Å². The number of pyridine rings is 1. The van der Waals surface area contributed by atoms with Gasteiger partial charge in [0.1, 0.15) is 17.6 Å². The Labute approximate surface area is 194 Å². The maximum atomic E-state index is 11.6. The molecular weight excluding hydrogens is 434 g/mol. The second kappa shape index (κ2) is 8.38. The van der Waals surface area contributed by atoms with Crippen molar-refractivity contribution in [1.82, 2.24) is 9.38 Å². The summed E-state index contributed by atoms with van der Waals surface area (Å²) in [7, 11) is -3.14. The van der Waals surface area contributed by atoms with Crippen LogP contribution in [-0.4, -0.2) is 24.1 Å². The molecule has 2 aromatic carbocycles. The second-order valence-corrected chi connectivity index (χ2v) is 11.3. The smallest absolute Gasteiger partial charge is 0.155 e. The molecule has 33 heavy (non-hydrogen) atoms. The van der Waals surface area contributed by atoms with Crippen molar-refractivity contribution in [1.29, 1.82) is 5.26 Å². The third-order valence-electron chi connectivity index (χ3n) is 5.15. The Morgan fingerprint density at radius 2 is 1.73 bits per heavy atom. The van der Waals surface area contributed by atoms with E-state index in [0.717, 1.165) is 17.0 Å². The first-order valence-corrected chi connectivity index (χ1v) is 12.6. The van der Waals surface area contributed by atoms with Crippen LogP contribution < -0.4 is 4.74 Å². The van der Waals surface area contributed by atoms with Crippen molar-refractivity contribution in [3.05, 3.63) is 83.7 Å².